The number of ether oxygens (including phenoxy) is 1. The monoisotopic (exact) mass is 443 g/mol. The van der Waals surface area contributed by atoms with Crippen molar-refractivity contribution < 1.29 is 9.53 Å². The number of halogens is 1. The van der Waals surface area contributed by atoms with Gasteiger partial charge in [0, 0.05) is 16.3 Å². The number of methoxy groups -OCH3 is 1. The number of fused-ring (bicyclic) bond motifs is 1. The summed E-state index contributed by atoms with van der Waals surface area (Å²) in [5.41, 5.74) is 1.41. The van der Waals surface area contributed by atoms with Crippen LogP contribution in [-0.2, 0) is 6.54 Å². The van der Waals surface area contributed by atoms with E-state index in [-0.39, 0.29) is 17.9 Å². The fourth-order valence-electron chi connectivity index (χ4n) is 2.88. The van der Waals surface area contributed by atoms with Gasteiger partial charge in [-0.25, -0.2) is 4.98 Å². The Kier molecular flexibility index (Phi) is 5.31. The Morgan fingerprint density at radius 1 is 1.17 bits per heavy atom. The number of benzene rings is 2. The summed E-state index contributed by atoms with van der Waals surface area (Å²) in [7, 11) is 1.56. The molecule has 146 valence electrons. The molecule has 0 N–H and O–H groups in total. The summed E-state index contributed by atoms with van der Waals surface area (Å²) >= 11 is 12.6. The first kappa shape index (κ1) is 19.5. The smallest absolute Gasteiger partial charge is 0.273 e. The van der Waals surface area contributed by atoms with Crippen molar-refractivity contribution in [1.82, 2.24) is 14.1 Å². The Labute approximate surface area is 179 Å². The Morgan fingerprint density at radius 3 is 2.52 bits per heavy atom. The lowest BCUT2D eigenvalue weighted by Gasteiger charge is -2.07. The van der Waals surface area contributed by atoms with E-state index in [1.54, 1.807) is 48.1 Å². The second-order valence-corrected chi connectivity index (χ2v) is 8.24. The van der Waals surface area contributed by atoms with Gasteiger partial charge in [-0.05, 0) is 60.7 Å². The zero-order chi connectivity index (χ0) is 20.5. The lowest BCUT2D eigenvalue weighted by molar-refractivity contribution is 0.0970. The first-order valence-electron chi connectivity index (χ1n) is 8.52. The first-order valence-corrected chi connectivity index (χ1v) is 10.1. The molecule has 0 aliphatic heterocycles. The predicted molar refractivity (Wildman–Crippen MR) is 116 cm³/mol. The molecule has 0 bridgehead atoms. The molecule has 0 aliphatic rings. The largest absolute Gasteiger partial charge is 0.497 e. The fraction of sp³-hybridized carbons (Fsp3) is 0.100. The van der Waals surface area contributed by atoms with Crippen molar-refractivity contribution in [2.45, 2.75) is 6.54 Å². The van der Waals surface area contributed by atoms with E-state index in [2.05, 4.69) is 4.98 Å². The van der Waals surface area contributed by atoms with E-state index in [4.69, 9.17) is 28.6 Å². The van der Waals surface area contributed by atoms with Gasteiger partial charge in [0.05, 0.1) is 13.7 Å². The summed E-state index contributed by atoms with van der Waals surface area (Å²) in [5.74, 6) is 0.460. The second kappa shape index (κ2) is 7.90. The van der Waals surface area contributed by atoms with Crippen LogP contribution in [0.1, 0.15) is 10.4 Å². The zero-order valence-electron chi connectivity index (χ0n) is 15.2. The molecule has 0 fully saturated rings. The summed E-state index contributed by atoms with van der Waals surface area (Å²) in [5, 5.41) is 0.604. The summed E-state index contributed by atoms with van der Waals surface area (Å²) in [4.78, 5) is 29.9. The minimum atomic E-state index is -0.305. The van der Waals surface area contributed by atoms with Crippen molar-refractivity contribution in [3.8, 4) is 11.4 Å². The zero-order valence-corrected chi connectivity index (χ0v) is 17.6. The van der Waals surface area contributed by atoms with Crippen LogP contribution in [0, 0.1) is 3.95 Å². The van der Waals surface area contributed by atoms with E-state index in [0.29, 0.717) is 30.6 Å². The van der Waals surface area contributed by atoms with Crippen LogP contribution in [0.2, 0.25) is 5.02 Å². The number of hydrogen-bond acceptors (Lipinski definition) is 6. The molecular weight excluding hydrogens is 430 g/mol. The Bertz CT molecular complexity index is 1320. The molecule has 0 aliphatic carbocycles. The van der Waals surface area contributed by atoms with Gasteiger partial charge in [0.2, 0.25) is 0 Å². The van der Waals surface area contributed by atoms with Crippen LogP contribution in [0.5, 0.6) is 5.75 Å². The van der Waals surface area contributed by atoms with Crippen LogP contribution in [-0.4, -0.2) is 27.0 Å². The molecule has 4 aromatic rings. The number of aromatic nitrogens is 3. The molecule has 0 amide bonds. The van der Waals surface area contributed by atoms with E-state index in [1.165, 1.54) is 22.2 Å². The van der Waals surface area contributed by atoms with Crippen molar-refractivity contribution in [3.05, 3.63) is 79.8 Å². The summed E-state index contributed by atoms with van der Waals surface area (Å²) < 4.78 is 9.01. The van der Waals surface area contributed by atoms with Crippen molar-refractivity contribution in [1.29, 1.82) is 0 Å². The Balaban J connectivity index is 1.71. The topological polar surface area (TPSA) is 66.1 Å². The Hall–Kier alpha value is -2.81. The van der Waals surface area contributed by atoms with Crippen LogP contribution < -0.4 is 10.3 Å². The average Bonchev–Trinajstić information content (AvgIpc) is 3.07. The van der Waals surface area contributed by atoms with E-state index in [9.17, 15) is 9.59 Å². The molecule has 0 unspecified atom stereocenters. The molecule has 6 nitrogen and oxygen atoms in total. The SMILES string of the molecule is COc1ccc(C(=O)Cn2cnc3c(sc(=S)n3-c3ccc(Cl)cc3)c2=O)cc1. The fourth-order valence-corrected chi connectivity index (χ4v) is 4.35. The number of carbonyl (C=O) groups excluding carboxylic acids is 1. The van der Waals surface area contributed by atoms with Gasteiger partial charge in [0.1, 0.15) is 16.8 Å². The second-order valence-electron chi connectivity index (χ2n) is 6.16. The molecule has 2 aromatic heterocycles. The van der Waals surface area contributed by atoms with Crippen LogP contribution in [0.3, 0.4) is 0 Å². The number of rotatable bonds is 5. The minimum Gasteiger partial charge on any atom is -0.497 e. The molecule has 0 radical (unpaired) electrons. The summed E-state index contributed by atoms with van der Waals surface area (Å²) in [6.45, 7) is -0.111. The highest BCUT2D eigenvalue weighted by molar-refractivity contribution is 7.73. The predicted octanol–water partition coefficient (Wildman–Crippen LogP) is 4.52. The van der Waals surface area contributed by atoms with Gasteiger partial charge in [0.15, 0.2) is 15.4 Å². The number of thiazole rings is 1. The van der Waals surface area contributed by atoms with Crippen molar-refractivity contribution >= 4 is 51.3 Å². The average molecular weight is 444 g/mol. The van der Waals surface area contributed by atoms with E-state index < -0.39 is 0 Å². The maximum absolute atomic E-state index is 12.9. The summed E-state index contributed by atoms with van der Waals surface area (Å²) in [6, 6.07) is 13.9. The normalized spacial score (nSPS) is 11.0. The highest BCUT2D eigenvalue weighted by Crippen LogP contribution is 2.23. The van der Waals surface area contributed by atoms with Gasteiger partial charge in [-0.1, -0.05) is 22.9 Å². The third kappa shape index (κ3) is 3.74. The number of carbonyl (C=O) groups is 1. The first-order chi connectivity index (χ1) is 14.0. The minimum absolute atomic E-state index is 0.111. The third-order valence-corrected chi connectivity index (χ3v) is 5.98. The standard InChI is InChI=1S/C20H14ClN3O3S2/c1-27-15-8-2-12(3-9-15)16(25)10-23-11-22-18-17(19(23)26)29-20(28)24(18)14-6-4-13(21)5-7-14/h2-9,11H,10H2,1H3. The van der Waals surface area contributed by atoms with E-state index in [0.717, 1.165) is 5.69 Å². The van der Waals surface area contributed by atoms with E-state index in [1.807, 2.05) is 12.1 Å². The van der Waals surface area contributed by atoms with Gasteiger partial charge in [-0.3, -0.25) is 18.7 Å². The van der Waals surface area contributed by atoms with Gasteiger partial charge < -0.3 is 4.74 Å². The van der Waals surface area contributed by atoms with Crippen LogP contribution in [0.4, 0.5) is 0 Å². The van der Waals surface area contributed by atoms with E-state index >= 15 is 0 Å². The maximum Gasteiger partial charge on any atom is 0.273 e. The quantitative estimate of drug-likeness (QED) is 0.335. The van der Waals surface area contributed by atoms with Gasteiger partial charge >= 0.3 is 0 Å². The highest BCUT2D eigenvalue weighted by atomic mass is 35.5. The molecule has 4 rings (SSSR count). The molecular formula is C20H14ClN3O3S2. The van der Waals surface area contributed by atoms with Crippen LogP contribution >= 0.6 is 35.2 Å². The number of nitrogens with zero attached hydrogens (tertiary/aromatic N) is 3. The lowest BCUT2D eigenvalue weighted by atomic mass is 10.1. The highest BCUT2D eigenvalue weighted by Gasteiger charge is 2.15. The van der Waals surface area contributed by atoms with Crippen molar-refractivity contribution in [2.75, 3.05) is 7.11 Å². The van der Waals surface area contributed by atoms with Crippen LogP contribution in [0.15, 0.2) is 59.7 Å². The number of hydrogen-bond donors (Lipinski definition) is 0. The molecule has 0 saturated heterocycles. The molecule has 2 heterocycles. The maximum atomic E-state index is 12.9. The van der Waals surface area contributed by atoms with Gasteiger partial charge in [-0.15, -0.1) is 0 Å². The summed E-state index contributed by atoms with van der Waals surface area (Å²) in [6.07, 6.45) is 1.38. The third-order valence-electron chi connectivity index (χ3n) is 4.37. The van der Waals surface area contributed by atoms with Crippen molar-refractivity contribution in [2.24, 2.45) is 0 Å². The molecule has 9 heteroatoms. The van der Waals surface area contributed by atoms with Gasteiger partial charge in [0.25, 0.3) is 5.56 Å². The molecule has 0 spiro atoms. The lowest BCUT2D eigenvalue weighted by Crippen LogP contribution is -2.24. The molecule has 0 atom stereocenters. The van der Waals surface area contributed by atoms with Crippen LogP contribution in [0.25, 0.3) is 16.0 Å². The molecule has 29 heavy (non-hydrogen) atoms. The Morgan fingerprint density at radius 2 is 1.86 bits per heavy atom. The number of Topliss-reactive ketones (excluding diaryl/α,β-unsaturated/α-hetero) is 1. The van der Waals surface area contributed by atoms with Crippen molar-refractivity contribution in [3.63, 3.8) is 0 Å². The number of ketones is 1. The molecule has 2 aromatic carbocycles. The molecule has 0 saturated carbocycles. The van der Waals surface area contributed by atoms with Gasteiger partial charge in [-0.2, -0.15) is 0 Å².